The van der Waals surface area contributed by atoms with Crippen molar-refractivity contribution in [3.63, 3.8) is 0 Å². The minimum atomic E-state index is -1.10. The van der Waals surface area contributed by atoms with Gasteiger partial charge in [0.05, 0.1) is 5.60 Å². The van der Waals surface area contributed by atoms with Crippen LogP contribution in [0.3, 0.4) is 0 Å². The van der Waals surface area contributed by atoms with Gasteiger partial charge in [-0.1, -0.05) is 26.8 Å². The Kier molecular flexibility index (Phi) is 3.45. The molecule has 0 radical (unpaired) electrons. The third-order valence-electron chi connectivity index (χ3n) is 11.1. The van der Waals surface area contributed by atoms with E-state index in [0.717, 1.165) is 38.3 Å². The first-order valence-corrected chi connectivity index (χ1v) is 12.7. The number of likely N-dealkylation sites (tertiary alicyclic amines) is 1. The summed E-state index contributed by atoms with van der Waals surface area (Å²) in [6, 6.07) is 4.24. The van der Waals surface area contributed by atoms with E-state index in [0.29, 0.717) is 18.2 Å². The molecular weight excluding hydrogens is 402 g/mol. The van der Waals surface area contributed by atoms with Gasteiger partial charge in [-0.25, -0.2) is 0 Å². The number of ether oxygens (including phenoxy) is 1. The average molecular weight is 440 g/mol. The lowest BCUT2D eigenvalue weighted by molar-refractivity contribution is -0.203. The Hall–Kier alpha value is -1.30. The zero-order chi connectivity index (χ0) is 22.5. The van der Waals surface area contributed by atoms with Gasteiger partial charge in [-0.3, -0.25) is 4.90 Å². The third-order valence-corrected chi connectivity index (χ3v) is 11.1. The number of fused-ring (bicyclic) bond motifs is 2. The first-order chi connectivity index (χ1) is 15.0. The van der Waals surface area contributed by atoms with Gasteiger partial charge in [0.2, 0.25) is 0 Å². The van der Waals surface area contributed by atoms with Crippen LogP contribution < -0.4 is 4.74 Å². The van der Waals surface area contributed by atoms with Crippen LogP contribution in [0.5, 0.6) is 11.5 Å². The summed E-state index contributed by atoms with van der Waals surface area (Å²) >= 11 is 0. The van der Waals surface area contributed by atoms with Crippen molar-refractivity contribution < 1.29 is 20.1 Å². The topological polar surface area (TPSA) is 73.2 Å². The molecule has 0 aromatic heterocycles. The quantitative estimate of drug-likeness (QED) is 0.674. The standard InChI is InChI=1S/C27H37NO4/c1-23(2,3)24(4,30)18-12-25-14-27(18,31)22-26(25)9-10-28(13-15-5-6-15)19(25)11-16-7-8-17(29)21(32-22)20(16)26/h7-8,15,18-19,22,29-31H,5-6,9-14H2,1-4H3/t18?,19?,22-,24?,25+,26?,27-/m1/s1. The van der Waals surface area contributed by atoms with Crippen LogP contribution in [0.2, 0.25) is 0 Å². The average Bonchev–Trinajstić information content (AvgIpc) is 3.28. The summed E-state index contributed by atoms with van der Waals surface area (Å²) in [5, 5.41) is 35.1. The van der Waals surface area contributed by atoms with Crippen LogP contribution in [-0.2, 0) is 11.8 Å². The maximum Gasteiger partial charge on any atom is 0.165 e. The molecule has 7 atom stereocenters. The summed E-state index contributed by atoms with van der Waals surface area (Å²) in [5.41, 5.74) is -0.371. The monoisotopic (exact) mass is 439 g/mol. The van der Waals surface area contributed by atoms with Crippen molar-refractivity contribution in [2.24, 2.45) is 22.7 Å². The predicted molar refractivity (Wildman–Crippen MR) is 121 cm³/mol. The molecule has 5 heteroatoms. The number of benzene rings is 1. The lowest BCUT2D eigenvalue weighted by atomic mass is 9.45. The molecule has 4 bridgehead atoms. The van der Waals surface area contributed by atoms with Crippen molar-refractivity contribution in [3.8, 4) is 11.5 Å². The van der Waals surface area contributed by atoms with Crippen LogP contribution in [0.15, 0.2) is 12.1 Å². The molecule has 3 saturated carbocycles. The zero-order valence-corrected chi connectivity index (χ0v) is 19.8. The van der Waals surface area contributed by atoms with Gasteiger partial charge in [-0.2, -0.15) is 0 Å². The summed E-state index contributed by atoms with van der Waals surface area (Å²) < 4.78 is 6.60. The molecule has 1 saturated heterocycles. The maximum absolute atomic E-state index is 12.5. The summed E-state index contributed by atoms with van der Waals surface area (Å²) in [6.07, 6.45) is 5.73. The summed E-state index contributed by atoms with van der Waals surface area (Å²) in [4.78, 5) is 2.73. The molecular formula is C27H37NO4. The van der Waals surface area contributed by atoms with Gasteiger partial charge in [0.1, 0.15) is 11.7 Å². The summed E-state index contributed by atoms with van der Waals surface area (Å²) in [5.74, 6) is 1.38. The molecule has 6 aliphatic rings. The first kappa shape index (κ1) is 20.1. The van der Waals surface area contributed by atoms with E-state index in [1.807, 2.05) is 6.92 Å². The van der Waals surface area contributed by atoms with Gasteiger partial charge < -0.3 is 20.1 Å². The predicted octanol–water partition coefficient (Wildman–Crippen LogP) is 3.37. The highest BCUT2D eigenvalue weighted by Gasteiger charge is 2.86. The van der Waals surface area contributed by atoms with Crippen LogP contribution in [0, 0.1) is 22.7 Å². The van der Waals surface area contributed by atoms with Gasteiger partial charge in [0, 0.05) is 34.9 Å². The Bertz CT molecular complexity index is 1030. The zero-order valence-electron chi connectivity index (χ0n) is 19.8. The van der Waals surface area contributed by atoms with Crippen molar-refractivity contribution in [1.82, 2.24) is 4.90 Å². The fourth-order valence-electron chi connectivity index (χ4n) is 9.11. The third kappa shape index (κ3) is 1.97. The van der Waals surface area contributed by atoms with Crippen LogP contribution >= 0.6 is 0 Å². The number of nitrogens with zero attached hydrogens (tertiary/aromatic N) is 1. The minimum absolute atomic E-state index is 0.120. The van der Waals surface area contributed by atoms with Crippen molar-refractivity contribution >= 4 is 0 Å². The van der Waals surface area contributed by atoms with Crippen LogP contribution in [0.4, 0.5) is 0 Å². The van der Waals surface area contributed by atoms with E-state index in [-0.39, 0.29) is 27.9 Å². The second-order valence-corrected chi connectivity index (χ2v) is 13.3. The first-order valence-electron chi connectivity index (χ1n) is 12.7. The van der Waals surface area contributed by atoms with Gasteiger partial charge >= 0.3 is 0 Å². The summed E-state index contributed by atoms with van der Waals surface area (Å²) in [6.45, 7) is 10.3. The second kappa shape index (κ2) is 5.50. The largest absolute Gasteiger partial charge is 0.504 e. The van der Waals surface area contributed by atoms with Crippen molar-refractivity contribution in [3.05, 3.63) is 23.3 Å². The molecule has 2 spiro atoms. The van der Waals surface area contributed by atoms with E-state index in [2.05, 4.69) is 31.7 Å². The molecule has 32 heavy (non-hydrogen) atoms. The molecule has 2 aliphatic heterocycles. The van der Waals surface area contributed by atoms with E-state index in [1.54, 1.807) is 6.07 Å². The molecule has 4 fully saturated rings. The number of aromatic hydroxyl groups is 1. The molecule has 4 aliphatic carbocycles. The van der Waals surface area contributed by atoms with Gasteiger partial charge in [-0.15, -0.1) is 0 Å². The molecule has 3 N–H and O–H groups in total. The van der Waals surface area contributed by atoms with Crippen molar-refractivity contribution in [1.29, 1.82) is 0 Å². The lowest BCUT2D eigenvalue weighted by Gasteiger charge is -2.63. The Morgan fingerprint density at radius 3 is 2.62 bits per heavy atom. The van der Waals surface area contributed by atoms with Gasteiger partial charge in [-0.05, 0) is 75.0 Å². The molecule has 1 aromatic carbocycles. The Morgan fingerprint density at radius 2 is 1.94 bits per heavy atom. The number of hydrogen-bond acceptors (Lipinski definition) is 5. The van der Waals surface area contributed by atoms with Crippen molar-refractivity contribution in [2.75, 3.05) is 13.1 Å². The van der Waals surface area contributed by atoms with Crippen LogP contribution in [0.25, 0.3) is 0 Å². The molecule has 7 rings (SSSR count). The maximum atomic E-state index is 12.5. The Morgan fingerprint density at radius 1 is 1.19 bits per heavy atom. The fraction of sp³-hybridized carbons (Fsp3) is 0.778. The van der Waals surface area contributed by atoms with E-state index < -0.39 is 17.3 Å². The molecule has 5 nitrogen and oxygen atoms in total. The lowest BCUT2D eigenvalue weighted by Crippen LogP contribution is -2.71. The molecule has 174 valence electrons. The number of phenols is 1. The molecule has 2 heterocycles. The SMILES string of the molecule is CC(C)(C)C(C)(O)C1C[C@@]23C[C@]1(O)[C@@H]1Oc4c(O)ccc5c4C12CCN(CC1CC1)C3C5. The highest BCUT2D eigenvalue weighted by atomic mass is 16.5. The number of phenolic OH excluding ortho intramolecular Hbond substituents is 1. The van der Waals surface area contributed by atoms with Gasteiger partial charge in [0.25, 0.3) is 0 Å². The van der Waals surface area contributed by atoms with Gasteiger partial charge in [0.15, 0.2) is 11.5 Å². The van der Waals surface area contributed by atoms with Crippen molar-refractivity contribution in [2.45, 2.75) is 95.0 Å². The van der Waals surface area contributed by atoms with Crippen LogP contribution in [0.1, 0.15) is 70.9 Å². The Labute approximate surface area is 190 Å². The van der Waals surface area contributed by atoms with E-state index >= 15 is 0 Å². The highest BCUT2D eigenvalue weighted by Crippen LogP contribution is 2.80. The smallest absolute Gasteiger partial charge is 0.165 e. The number of aliphatic hydroxyl groups is 2. The molecule has 0 amide bonds. The minimum Gasteiger partial charge on any atom is -0.504 e. The van der Waals surface area contributed by atoms with E-state index in [9.17, 15) is 15.3 Å². The highest BCUT2D eigenvalue weighted by molar-refractivity contribution is 5.64. The summed E-state index contributed by atoms with van der Waals surface area (Å²) in [7, 11) is 0. The second-order valence-electron chi connectivity index (χ2n) is 13.3. The molecule has 1 aromatic rings. The number of rotatable bonds is 3. The number of hydrogen-bond donors (Lipinski definition) is 3. The van der Waals surface area contributed by atoms with E-state index in [1.165, 1.54) is 24.0 Å². The fourth-order valence-corrected chi connectivity index (χ4v) is 9.11. The normalized spacial score (nSPS) is 45.5. The van der Waals surface area contributed by atoms with E-state index in [4.69, 9.17) is 4.74 Å². The Balaban J connectivity index is 1.45. The number of piperidine rings is 1. The molecule has 4 unspecified atom stereocenters. The van der Waals surface area contributed by atoms with Crippen LogP contribution in [-0.4, -0.2) is 56.7 Å².